The summed E-state index contributed by atoms with van der Waals surface area (Å²) >= 11 is 1.82. The number of hydrogen-bond acceptors (Lipinski definition) is 3. The van der Waals surface area contributed by atoms with E-state index in [2.05, 4.69) is 78.0 Å². The Hall–Kier alpha value is -1.97. The van der Waals surface area contributed by atoms with Gasteiger partial charge in [-0.2, -0.15) is 0 Å². The highest BCUT2D eigenvalue weighted by Crippen LogP contribution is 2.37. The van der Waals surface area contributed by atoms with Crippen LogP contribution in [0.5, 0.6) is 0 Å². The SMILES string of the molecule is CN1CCCC1c1nc(C(c2ccccc2)c2ccccc2)cs1. The smallest absolute Gasteiger partial charge is 0.110 e. The molecule has 3 aromatic rings. The normalized spacial score (nSPS) is 18.3. The van der Waals surface area contributed by atoms with E-state index in [9.17, 15) is 0 Å². The topological polar surface area (TPSA) is 16.1 Å². The molecule has 0 amide bonds. The Morgan fingerprint density at radius 3 is 2.17 bits per heavy atom. The number of likely N-dealkylation sites (tertiary alicyclic amines) is 1. The predicted molar refractivity (Wildman–Crippen MR) is 101 cm³/mol. The Labute approximate surface area is 147 Å². The molecule has 1 aliphatic heterocycles. The molecule has 2 aromatic carbocycles. The van der Waals surface area contributed by atoms with Gasteiger partial charge in [0.05, 0.1) is 17.7 Å². The first-order chi connectivity index (χ1) is 11.8. The Balaban J connectivity index is 1.73. The lowest BCUT2D eigenvalue weighted by Crippen LogP contribution is -2.17. The van der Waals surface area contributed by atoms with Crippen molar-refractivity contribution < 1.29 is 0 Å². The molecule has 1 unspecified atom stereocenters. The fraction of sp³-hybridized carbons (Fsp3) is 0.286. The Morgan fingerprint density at radius 1 is 1.00 bits per heavy atom. The fourth-order valence-corrected chi connectivity index (χ4v) is 4.68. The minimum absolute atomic E-state index is 0.212. The van der Waals surface area contributed by atoms with E-state index in [1.54, 1.807) is 0 Å². The molecule has 4 rings (SSSR count). The lowest BCUT2D eigenvalue weighted by atomic mass is 9.89. The summed E-state index contributed by atoms with van der Waals surface area (Å²) < 4.78 is 0. The maximum Gasteiger partial charge on any atom is 0.110 e. The van der Waals surface area contributed by atoms with Gasteiger partial charge in [0, 0.05) is 5.38 Å². The van der Waals surface area contributed by atoms with Crippen molar-refractivity contribution in [3.05, 3.63) is 87.9 Å². The van der Waals surface area contributed by atoms with E-state index in [0.29, 0.717) is 6.04 Å². The average molecular weight is 334 g/mol. The van der Waals surface area contributed by atoms with Gasteiger partial charge in [-0.25, -0.2) is 4.98 Å². The molecule has 0 spiro atoms. The van der Waals surface area contributed by atoms with Crippen LogP contribution >= 0.6 is 11.3 Å². The van der Waals surface area contributed by atoms with Crippen LogP contribution in [0.15, 0.2) is 66.0 Å². The first-order valence-corrected chi connectivity index (χ1v) is 9.46. The number of thiazole rings is 1. The van der Waals surface area contributed by atoms with Crippen LogP contribution in [-0.4, -0.2) is 23.5 Å². The van der Waals surface area contributed by atoms with Gasteiger partial charge in [-0.3, -0.25) is 4.90 Å². The molecule has 1 aromatic heterocycles. The van der Waals surface area contributed by atoms with Gasteiger partial charge in [0.2, 0.25) is 0 Å². The maximum atomic E-state index is 5.07. The van der Waals surface area contributed by atoms with E-state index in [0.717, 1.165) is 0 Å². The molecular weight excluding hydrogens is 312 g/mol. The monoisotopic (exact) mass is 334 g/mol. The minimum atomic E-state index is 0.212. The molecule has 1 fully saturated rings. The number of hydrogen-bond donors (Lipinski definition) is 0. The van der Waals surface area contributed by atoms with E-state index in [-0.39, 0.29) is 5.92 Å². The van der Waals surface area contributed by atoms with Crippen molar-refractivity contribution in [2.45, 2.75) is 24.8 Å². The molecule has 3 heteroatoms. The first kappa shape index (κ1) is 15.6. The van der Waals surface area contributed by atoms with Gasteiger partial charge < -0.3 is 0 Å². The van der Waals surface area contributed by atoms with Crippen LogP contribution in [0.25, 0.3) is 0 Å². The largest absolute Gasteiger partial charge is 0.297 e. The van der Waals surface area contributed by atoms with Gasteiger partial charge >= 0.3 is 0 Å². The third-order valence-electron chi connectivity index (χ3n) is 4.91. The highest BCUT2D eigenvalue weighted by Gasteiger charge is 2.27. The molecular formula is C21H22N2S. The molecule has 0 aliphatic carbocycles. The first-order valence-electron chi connectivity index (χ1n) is 8.58. The molecule has 122 valence electrons. The number of aromatic nitrogens is 1. The second-order valence-electron chi connectivity index (χ2n) is 6.50. The standard InChI is InChI=1S/C21H22N2S/c1-23-14-8-13-19(23)21-22-18(15-24-21)20(16-9-4-2-5-10-16)17-11-6-3-7-12-17/h2-7,9-12,15,19-20H,8,13-14H2,1H3. The van der Waals surface area contributed by atoms with Crippen molar-refractivity contribution in [1.29, 1.82) is 0 Å². The summed E-state index contributed by atoms with van der Waals surface area (Å²) in [5.74, 6) is 0.212. The molecule has 0 bridgehead atoms. The van der Waals surface area contributed by atoms with Crippen LogP contribution in [0.3, 0.4) is 0 Å². The Bertz CT molecular complexity index is 742. The average Bonchev–Trinajstić information content (AvgIpc) is 3.26. The summed E-state index contributed by atoms with van der Waals surface area (Å²) in [6, 6.07) is 21.9. The molecule has 1 saturated heterocycles. The van der Waals surface area contributed by atoms with E-state index in [1.165, 1.54) is 41.2 Å². The molecule has 24 heavy (non-hydrogen) atoms. The molecule has 0 N–H and O–H groups in total. The van der Waals surface area contributed by atoms with Crippen molar-refractivity contribution in [3.63, 3.8) is 0 Å². The molecule has 0 saturated carbocycles. The molecule has 0 radical (unpaired) electrons. The zero-order chi connectivity index (χ0) is 16.4. The summed E-state index contributed by atoms with van der Waals surface area (Å²) in [6.45, 7) is 1.18. The van der Waals surface area contributed by atoms with Gasteiger partial charge in [-0.15, -0.1) is 11.3 Å². The molecule has 2 nitrogen and oxygen atoms in total. The summed E-state index contributed by atoms with van der Waals surface area (Å²) in [7, 11) is 2.21. The molecule has 1 aliphatic rings. The van der Waals surface area contributed by atoms with Gasteiger partial charge in [0.25, 0.3) is 0 Å². The lowest BCUT2D eigenvalue weighted by molar-refractivity contribution is 0.316. The zero-order valence-corrected chi connectivity index (χ0v) is 14.7. The Kier molecular flexibility index (Phi) is 4.46. The van der Waals surface area contributed by atoms with Crippen LogP contribution in [-0.2, 0) is 0 Å². The third kappa shape index (κ3) is 3.02. The predicted octanol–water partition coefficient (Wildman–Crippen LogP) is 5.09. The van der Waals surface area contributed by atoms with Crippen LogP contribution < -0.4 is 0 Å². The van der Waals surface area contributed by atoms with E-state index < -0.39 is 0 Å². The molecule has 1 atom stereocenters. The summed E-state index contributed by atoms with van der Waals surface area (Å²) in [5.41, 5.74) is 3.79. The van der Waals surface area contributed by atoms with Crippen LogP contribution in [0.4, 0.5) is 0 Å². The van der Waals surface area contributed by atoms with Crippen molar-refractivity contribution in [3.8, 4) is 0 Å². The highest BCUT2D eigenvalue weighted by atomic mass is 32.1. The maximum absolute atomic E-state index is 5.07. The van der Waals surface area contributed by atoms with Gasteiger partial charge in [-0.1, -0.05) is 60.7 Å². The van der Waals surface area contributed by atoms with Gasteiger partial charge in [0.15, 0.2) is 0 Å². The minimum Gasteiger partial charge on any atom is -0.297 e. The lowest BCUT2D eigenvalue weighted by Gasteiger charge is -2.18. The van der Waals surface area contributed by atoms with E-state index in [4.69, 9.17) is 4.98 Å². The highest BCUT2D eigenvalue weighted by molar-refractivity contribution is 7.09. The zero-order valence-electron chi connectivity index (χ0n) is 13.9. The summed E-state index contributed by atoms with van der Waals surface area (Å²) in [4.78, 5) is 7.51. The van der Waals surface area contributed by atoms with E-state index >= 15 is 0 Å². The Morgan fingerprint density at radius 2 is 1.62 bits per heavy atom. The number of rotatable bonds is 4. The number of nitrogens with zero attached hydrogens (tertiary/aromatic N) is 2. The van der Waals surface area contributed by atoms with Crippen molar-refractivity contribution in [2.24, 2.45) is 0 Å². The summed E-state index contributed by atoms with van der Waals surface area (Å²) in [6.07, 6.45) is 2.50. The summed E-state index contributed by atoms with van der Waals surface area (Å²) in [5, 5.41) is 3.52. The fourth-order valence-electron chi connectivity index (χ4n) is 3.63. The van der Waals surface area contributed by atoms with Crippen LogP contribution in [0.2, 0.25) is 0 Å². The quantitative estimate of drug-likeness (QED) is 0.660. The van der Waals surface area contributed by atoms with Crippen molar-refractivity contribution in [2.75, 3.05) is 13.6 Å². The van der Waals surface area contributed by atoms with Gasteiger partial charge in [-0.05, 0) is 37.6 Å². The van der Waals surface area contributed by atoms with Gasteiger partial charge in [0.1, 0.15) is 5.01 Å². The van der Waals surface area contributed by atoms with Crippen molar-refractivity contribution >= 4 is 11.3 Å². The second kappa shape index (κ2) is 6.88. The molecule has 2 heterocycles. The second-order valence-corrected chi connectivity index (χ2v) is 7.39. The van der Waals surface area contributed by atoms with Crippen LogP contribution in [0.1, 0.15) is 46.6 Å². The number of benzene rings is 2. The van der Waals surface area contributed by atoms with E-state index in [1.807, 2.05) is 11.3 Å². The van der Waals surface area contributed by atoms with Crippen LogP contribution in [0, 0.1) is 0 Å². The van der Waals surface area contributed by atoms with Crippen molar-refractivity contribution in [1.82, 2.24) is 9.88 Å². The third-order valence-corrected chi connectivity index (χ3v) is 5.87.